The number of anilines is 1. The number of ether oxygens (including phenoxy) is 1. The minimum atomic E-state index is -0.798. The second kappa shape index (κ2) is 7.49. The minimum Gasteiger partial charge on any atom is -0.465 e. The molecule has 1 heterocycles. The zero-order valence-electron chi connectivity index (χ0n) is 15.3. The van der Waals surface area contributed by atoms with Crippen molar-refractivity contribution in [3.05, 3.63) is 64.1 Å². The van der Waals surface area contributed by atoms with Crippen molar-refractivity contribution in [1.29, 1.82) is 0 Å². The Morgan fingerprint density at radius 2 is 1.89 bits per heavy atom. The molecule has 0 aliphatic rings. The first-order valence-electron chi connectivity index (χ1n) is 8.57. The van der Waals surface area contributed by atoms with Crippen molar-refractivity contribution < 1.29 is 18.7 Å². The fourth-order valence-electron chi connectivity index (χ4n) is 2.84. The molecule has 3 aromatic rings. The fourth-order valence-corrected chi connectivity index (χ4v) is 2.84. The average Bonchev–Trinajstić information content (AvgIpc) is 3.02. The van der Waals surface area contributed by atoms with Crippen LogP contribution in [0.2, 0.25) is 0 Å². The van der Waals surface area contributed by atoms with E-state index in [1.807, 2.05) is 24.3 Å². The highest BCUT2D eigenvalue weighted by Crippen LogP contribution is 2.20. The standard InChI is InChI=1S/C20H20N2O5/c1-4-13-5-8-15(9-6-13)21-18(23)12(2)22-16-10-7-14(19(24)26-3)11-17(16)27-20(22)25/h5-12H,4H2,1-3H3,(H,21,23). The quantitative estimate of drug-likeness (QED) is 0.699. The summed E-state index contributed by atoms with van der Waals surface area (Å²) in [7, 11) is 1.27. The van der Waals surface area contributed by atoms with E-state index < -0.39 is 17.8 Å². The molecular weight excluding hydrogens is 348 g/mol. The number of hydrogen-bond acceptors (Lipinski definition) is 5. The molecule has 1 aromatic heterocycles. The SMILES string of the molecule is CCc1ccc(NC(=O)C(C)n2c(=O)oc3cc(C(=O)OC)ccc32)cc1. The van der Waals surface area contributed by atoms with Crippen LogP contribution in [0.5, 0.6) is 0 Å². The molecule has 1 amide bonds. The van der Waals surface area contributed by atoms with Gasteiger partial charge in [0.15, 0.2) is 5.58 Å². The van der Waals surface area contributed by atoms with E-state index >= 15 is 0 Å². The second-order valence-electron chi connectivity index (χ2n) is 6.13. The molecule has 1 atom stereocenters. The predicted molar refractivity (Wildman–Crippen MR) is 101 cm³/mol. The van der Waals surface area contributed by atoms with Gasteiger partial charge in [-0.3, -0.25) is 9.36 Å². The number of aromatic nitrogens is 1. The summed E-state index contributed by atoms with van der Waals surface area (Å²) >= 11 is 0. The molecule has 7 nitrogen and oxygen atoms in total. The van der Waals surface area contributed by atoms with Crippen LogP contribution in [0, 0.1) is 0 Å². The third kappa shape index (κ3) is 3.62. The molecular formula is C20H20N2O5. The van der Waals surface area contributed by atoms with Crippen molar-refractivity contribution in [3.8, 4) is 0 Å². The molecule has 0 fully saturated rings. The summed E-state index contributed by atoms with van der Waals surface area (Å²) in [5, 5.41) is 2.80. The number of carbonyl (C=O) groups excluding carboxylic acids is 2. The Bertz CT molecular complexity index is 1050. The van der Waals surface area contributed by atoms with Crippen LogP contribution in [0.25, 0.3) is 11.1 Å². The largest absolute Gasteiger partial charge is 0.465 e. The van der Waals surface area contributed by atoms with Gasteiger partial charge in [0.05, 0.1) is 18.2 Å². The van der Waals surface area contributed by atoms with Crippen molar-refractivity contribution in [1.82, 2.24) is 4.57 Å². The van der Waals surface area contributed by atoms with E-state index in [0.29, 0.717) is 11.2 Å². The lowest BCUT2D eigenvalue weighted by Gasteiger charge is -2.13. The number of fused-ring (bicyclic) bond motifs is 1. The molecule has 3 rings (SSSR count). The summed E-state index contributed by atoms with van der Waals surface area (Å²) < 4.78 is 11.1. The number of carbonyl (C=O) groups is 2. The normalized spacial score (nSPS) is 12.0. The molecule has 140 valence electrons. The van der Waals surface area contributed by atoms with Gasteiger partial charge in [0, 0.05) is 5.69 Å². The molecule has 0 radical (unpaired) electrons. The number of amides is 1. The number of nitrogens with zero attached hydrogens (tertiary/aromatic N) is 1. The lowest BCUT2D eigenvalue weighted by atomic mass is 10.1. The van der Waals surface area contributed by atoms with Gasteiger partial charge in [-0.2, -0.15) is 0 Å². The van der Waals surface area contributed by atoms with Crippen LogP contribution >= 0.6 is 0 Å². The summed E-state index contributed by atoms with van der Waals surface area (Å²) in [6.07, 6.45) is 0.911. The predicted octanol–water partition coefficient (Wildman–Crippen LogP) is 3.14. The molecule has 7 heteroatoms. The highest BCUT2D eigenvalue weighted by Gasteiger charge is 2.22. The van der Waals surface area contributed by atoms with Gasteiger partial charge in [0.2, 0.25) is 5.91 Å². The first-order chi connectivity index (χ1) is 12.9. The zero-order valence-corrected chi connectivity index (χ0v) is 15.3. The van der Waals surface area contributed by atoms with E-state index in [9.17, 15) is 14.4 Å². The molecule has 0 spiro atoms. The van der Waals surface area contributed by atoms with Crippen molar-refractivity contribution in [2.24, 2.45) is 0 Å². The molecule has 1 unspecified atom stereocenters. The van der Waals surface area contributed by atoms with E-state index in [-0.39, 0.29) is 17.1 Å². The van der Waals surface area contributed by atoms with Crippen LogP contribution in [0.15, 0.2) is 51.7 Å². The molecule has 1 N–H and O–H groups in total. The first kappa shape index (κ1) is 18.4. The van der Waals surface area contributed by atoms with Gasteiger partial charge < -0.3 is 14.5 Å². The van der Waals surface area contributed by atoms with Crippen molar-refractivity contribution in [2.45, 2.75) is 26.3 Å². The van der Waals surface area contributed by atoms with Crippen molar-refractivity contribution in [2.75, 3.05) is 12.4 Å². The Kier molecular flexibility index (Phi) is 5.12. The maximum atomic E-state index is 12.6. The topological polar surface area (TPSA) is 90.5 Å². The minimum absolute atomic E-state index is 0.217. The van der Waals surface area contributed by atoms with Gasteiger partial charge >= 0.3 is 11.7 Å². The monoisotopic (exact) mass is 368 g/mol. The zero-order chi connectivity index (χ0) is 19.6. The Balaban J connectivity index is 1.88. The van der Waals surface area contributed by atoms with Crippen molar-refractivity contribution >= 4 is 28.7 Å². The van der Waals surface area contributed by atoms with Crippen LogP contribution in [0.1, 0.15) is 35.8 Å². The number of nitrogens with one attached hydrogen (secondary N) is 1. The smallest absolute Gasteiger partial charge is 0.420 e. The van der Waals surface area contributed by atoms with Crippen LogP contribution in [-0.4, -0.2) is 23.6 Å². The lowest BCUT2D eigenvalue weighted by Crippen LogP contribution is -2.29. The third-order valence-electron chi connectivity index (χ3n) is 4.43. The van der Waals surface area contributed by atoms with Crippen LogP contribution in [0.3, 0.4) is 0 Å². The lowest BCUT2D eigenvalue weighted by molar-refractivity contribution is -0.118. The molecule has 0 bridgehead atoms. The van der Waals surface area contributed by atoms with Gasteiger partial charge in [-0.05, 0) is 49.2 Å². The first-order valence-corrected chi connectivity index (χ1v) is 8.57. The summed E-state index contributed by atoms with van der Waals surface area (Å²) in [5.74, 6) is -1.55. The van der Waals surface area contributed by atoms with Crippen molar-refractivity contribution in [3.63, 3.8) is 0 Å². The highest BCUT2D eigenvalue weighted by molar-refractivity contribution is 5.95. The van der Waals surface area contributed by atoms with Gasteiger partial charge in [0.1, 0.15) is 6.04 Å². The van der Waals surface area contributed by atoms with Gasteiger partial charge in [-0.25, -0.2) is 9.59 Å². The fraction of sp³-hybridized carbons (Fsp3) is 0.250. The maximum absolute atomic E-state index is 12.6. The Morgan fingerprint density at radius 3 is 2.52 bits per heavy atom. The van der Waals surface area contributed by atoms with E-state index in [2.05, 4.69) is 17.0 Å². The van der Waals surface area contributed by atoms with Gasteiger partial charge in [-0.1, -0.05) is 19.1 Å². The number of oxazole rings is 1. The van der Waals surface area contributed by atoms with E-state index in [4.69, 9.17) is 4.42 Å². The van der Waals surface area contributed by atoms with Crippen LogP contribution < -0.4 is 11.1 Å². The molecule has 27 heavy (non-hydrogen) atoms. The van der Waals surface area contributed by atoms with Crippen LogP contribution in [0.4, 0.5) is 5.69 Å². The number of aryl methyl sites for hydroxylation is 1. The molecule has 0 saturated carbocycles. The Morgan fingerprint density at radius 1 is 1.19 bits per heavy atom. The number of hydrogen-bond donors (Lipinski definition) is 1. The second-order valence-corrected chi connectivity index (χ2v) is 6.13. The summed E-state index contributed by atoms with van der Waals surface area (Å²) in [6.45, 7) is 3.66. The maximum Gasteiger partial charge on any atom is 0.420 e. The summed E-state index contributed by atoms with van der Waals surface area (Å²) in [4.78, 5) is 36.5. The van der Waals surface area contributed by atoms with E-state index in [1.54, 1.807) is 13.0 Å². The van der Waals surface area contributed by atoms with Crippen LogP contribution in [-0.2, 0) is 16.0 Å². The van der Waals surface area contributed by atoms with Gasteiger partial charge in [-0.15, -0.1) is 0 Å². The summed E-state index contributed by atoms with van der Waals surface area (Å²) in [6, 6.07) is 11.2. The van der Waals surface area contributed by atoms with E-state index in [1.165, 1.54) is 29.4 Å². The molecule has 2 aromatic carbocycles. The Hall–Kier alpha value is -3.35. The number of rotatable bonds is 5. The number of esters is 1. The molecule has 0 aliphatic carbocycles. The molecule has 0 saturated heterocycles. The van der Waals surface area contributed by atoms with E-state index in [0.717, 1.165) is 6.42 Å². The Labute approximate surface area is 155 Å². The summed E-state index contributed by atoms with van der Waals surface area (Å²) in [5.41, 5.74) is 2.72. The number of benzene rings is 2. The number of methoxy groups -OCH3 is 1. The average molecular weight is 368 g/mol. The van der Waals surface area contributed by atoms with Gasteiger partial charge in [0.25, 0.3) is 0 Å². The highest BCUT2D eigenvalue weighted by atomic mass is 16.5. The third-order valence-corrected chi connectivity index (χ3v) is 4.43. The molecule has 0 aliphatic heterocycles.